The Balaban J connectivity index is 0. The van der Waals surface area contributed by atoms with Gasteiger partial charge in [-0.25, -0.2) is 0 Å². The Hall–Kier alpha value is -1.53. The van der Waals surface area contributed by atoms with Crippen molar-refractivity contribution in [3.05, 3.63) is 29.8 Å². The van der Waals surface area contributed by atoms with Gasteiger partial charge < -0.3 is 21.2 Å². The van der Waals surface area contributed by atoms with Crippen LogP contribution < -0.4 is 16.4 Å². The minimum absolute atomic E-state index is 0.0713. The molecule has 1 aromatic carbocycles. The number of rotatable bonds is 5. The molecular formula is C16H29N3O2S. The van der Waals surface area contributed by atoms with E-state index >= 15 is 0 Å². The SMILES string of the molecule is CC(C=O)NC(=O)CN.CCC.CNc1ccccc1CS. The smallest absolute Gasteiger partial charge is 0.234 e. The van der Waals surface area contributed by atoms with Crippen molar-refractivity contribution in [2.45, 2.75) is 39.0 Å². The van der Waals surface area contributed by atoms with Gasteiger partial charge in [0.05, 0.1) is 12.6 Å². The van der Waals surface area contributed by atoms with Crippen molar-refractivity contribution < 1.29 is 9.59 Å². The summed E-state index contributed by atoms with van der Waals surface area (Å²) in [5, 5.41) is 5.44. The first-order valence-electron chi connectivity index (χ1n) is 7.31. The normalized spacial score (nSPS) is 10.1. The number of amides is 1. The van der Waals surface area contributed by atoms with E-state index in [-0.39, 0.29) is 12.5 Å². The average molecular weight is 327 g/mol. The van der Waals surface area contributed by atoms with Gasteiger partial charge in [-0.1, -0.05) is 38.5 Å². The lowest BCUT2D eigenvalue weighted by atomic mass is 10.2. The molecule has 0 radical (unpaired) electrons. The molecule has 0 saturated heterocycles. The lowest BCUT2D eigenvalue weighted by Crippen LogP contribution is -2.37. The van der Waals surface area contributed by atoms with Crippen LogP contribution in [0.5, 0.6) is 0 Å². The maximum Gasteiger partial charge on any atom is 0.234 e. The molecular weight excluding hydrogens is 298 g/mol. The molecule has 4 N–H and O–H groups in total. The third-order valence-electron chi connectivity index (χ3n) is 2.24. The van der Waals surface area contributed by atoms with E-state index in [9.17, 15) is 9.59 Å². The van der Waals surface area contributed by atoms with Crippen LogP contribution in [0.4, 0.5) is 5.69 Å². The van der Waals surface area contributed by atoms with Crippen molar-refractivity contribution >= 4 is 30.5 Å². The Morgan fingerprint density at radius 1 is 1.36 bits per heavy atom. The Morgan fingerprint density at radius 3 is 2.27 bits per heavy atom. The monoisotopic (exact) mass is 327 g/mol. The number of carbonyl (C=O) groups excluding carboxylic acids is 2. The molecule has 0 bridgehead atoms. The van der Waals surface area contributed by atoms with E-state index < -0.39 is 6.04 Å². The molecule has 126 valence electrons. The predicted octanol–water partition coefficient (Wildman–Crippen LogP) is 2.22. The van der Waals surface area contributed by atoms with E-state index in [0.29, 0.717) is 6.29 Å². The first kappa shape index (κ1) is 22.7. The molecule has 0 aromatic heterocycles. The highest BCUT2D eigenvalue weighted by Crippen LogP contribution is 2.15. The number of aldehydes is 1. The van der Waals surface area contributed by atoms with E-state index in [4.69, 9.17) is 5.73 Å². The van der Waals surface area contributed by atoms with Crippen LogP contribution in [-0.2, 0) is 15.3 Å². The van der Waals surface area contributed by atoms with Crippen molar-refractivity contribution in [2.24, 2.45) is 5.73 Å². The summed E-state index contributed by atoms with van der Waals surface area (Å²) >= 11 is 4.19. The fourth-order valence-electron chi connectivity index (χ4n) is 1.25. The molecule has 5 nitrogen and oxygen atoms in total. The van der Waals surface area contributed by atoms with Crippen LogP contribution in [0.15, 0.2) is 24.3 Å². The molecule has 6 heteroatoms. The number of anilines is 1. The fraction of sp³-hybridized carbons (Fsp3) is 0.500. The maximum absolute atomic E-state index is 10.4. The summed E-state index contributed by atoms with van der Waals surface area (Å²) in [4.78, 5) is 20.3. The molecule has 1 unspecified atom stereocenters. The van der Waals surface area contributed by atoms with Crippen LogP contribution in [0.1, 0.15) is 32.8 Å². The zero-order valence-electron chi connectivity index (χ0n) is 13.9. The molecule has 1 rings (SSSR count). The molecule has 1 amide bonds. The fourth-order valence-corrected chi connectivity index (χ4v) is 1.52. The maximum atomic E-state index is 10.4. The number of hydrogen-bond donors (Lipinski definition) is 4. The van der Waals surface area contributed by atoms with Gasteiger partial charge in [0.25, 0.3) is 0 Å². The zero-order chi connectivity index (χ0) is 17.4. The molecule has 0 fully saturated rings. The molecule has 22 heavy (non-hydrogen) atoms. The second-order valence-corrected chi connectivity index (χ2v) is 4.78. The average Bonchev–Trinajstić information content (AvgIpc) is 2.55. The summed E-state index contributed by atoms with van der Waals surface area (Å²) in [5.74, 6) is 0.478. The van der Waals surface area contributed by atoms with Gasteiger partial charge in [-0.2, -0.15) is 12.6 Å². The lowest BCUT2D eigenvalue weighted by molar-refractivity contribution is -0.122. The number of hydrogen-bond acceptors (Lipinski definition) is 5. The van der Waals surface area contributed by atoms with Crippen molar-refractivity contribution in [1.82, 2.24) is 5.32 Å². The number of nitrogens with one attached hydrogen (secondary N) is 2. The van der Waals surface area contributed by atoms with E-state index in [1.54, 1.807) is 6.92 Å². The van der Waals surface area contributed by atoms with Crippen molar-refractivity contribution in [3.8, 4) is 0 Å². The summed E-state index contributed by atoms with van der Waals surface area (Å²) in [6.07, 6.45) is 1.90. The van der Waals surface area contributed by atoms with E-state index in [1.165, 1.54) is 12.0 Å². The highest BCUT2D eigenvalue weighted by atomic mass is 32.1. The van der Waals surface area contributed by atoms with Gasteiger partial charge in [-0.3, -0.25) is 4.79 Å². The Morgan fingerprint density at radius 2 is 1.91 bits per heavy atom. The second-order valence-electron chi connectivity index (χ2n) is 4.47. The highest BCUT2D eigenvalue weighted by Gasteiger charge is 2.01. The number of nitrogens with two attached hydrogens (primary N) is 1. The number of thiol groups is 1. The summed E-state index contributed by atoms with van der Waals surface area (Å²) in [6.45, 7) is 5.76. The van der Waals surface area contributed by atoms with Crippen LogP contribution in [0, 0.1) is 0 Å². The zero-order valence-corrected chi connectivity index (χ0v) is 14.8. The van der Waals surface area contributed by atoms with Gasteiger partial charge in [0.1, 0.15) is 6.29 Å². The van der Waals surface area contributed by atoms with E-state index in [0.717, 1.165) is 11.4 Å². The van der Waals surface area contributed by atoms with Crippen molar-refractivity contribution in [2.75, 3.05) is 18.9 Å². The minimum atomic E-state index is -0.430. The Kier molecular flexibility index (Phi) is 16.4. The Labute approximate surface area is 139 Å². The van der Waals surface area contributed by atoms with Crippen LogP contribution in [0.2, 0.25) is 0 Å². The largest absolute Gasteiger partial charge is 0.388 e. The summed E-state index contributed by atoms with van der Waals surface area (Å²) in [7, 11) is 1.92. The van der Waals surface area contributed by atoms with Gasteiger partial charge >= 0.3 is 0 Å². The summed E-state index contributed by atoms with van der Waals surface area (Å²) in [5.41, 5.74) is 7.36. The van der Waals surface area contributed by atoms with Gasteiger partial charge in [0.15, 0.2) is 0 Å². The van der Waals surface area contributed by atoms with Crippen LogP contribution in [-0.4, -0.2) is 31.8 Å². The van der Waals surface area contributed by atoms with Crippen molar-refractivity contribution in [3.63, 3.8) is 0 Å². The Bertz CT molecular complexity index is 391. The van der Waals surface area contributed by atoms with Crippen LogP contribution >= 0.6 is 12.6 Å². The second kappa shape index (κ2) is 15.9. The van der Waals surface area contributed by atoms with Gasteiger partial charge in [0.2, 0.25) is 5.91 Å². The standard InChI is InChI=1S/C8H11NS.C5H10N2O2.C3H8/c1-9-8-5-3-2-4-7(8)6-10;1-4(3-8)7-5(9)2-6;1-3-2/h2-5,9-10H,6H2,1H3;3-4H,2,6H2,1H3,(H,7,9);3H2,1-2H3. The minimum Gasteiger partial charge on any atom is -0.388 e. The number of benzene rings is 1. The molecule has 0 aliphatic rings. The molecule has 1 aromatic rings. The molecule has 1 atom stereocenters. The first-order valence-corrected chi connectivity index (χ1v) is 7.94. The van der Waals surface area contributed by atoms with Crippen LogP contribution in [0.25, 0.3) is 0 Å². The summed E-state index contributed by atoms with van der Waals surface area (Å²) in [6, 6.07) is 7.72. The summed E-state index contributed by atoms with van der Waals surface area (Å²) < 4.78 is 0. The topological polar surface area (TPSA) is 84.2 Å². The predicted molar refractivity (Wildman–Crippen MR) is 97.4 cm³/mol. The molecule has 0 heterocycles. The molecule has 0 spiro atoms. The van der Waals surface area contributed by atoms with E-state index in [2.05, 4.69) is 43.2 Å². The lowest BCUT2D eigenvalue weighted by Gasteiger charge is -2.04. The van der Waals surface area contributed by atoms with Gasteiger partial charge in [-0.05, 0) is 18.6 Å². The molecule has 0 aliphatic carbocycles. The van der Waals surface area contributed by atoms with Gasteiger partial charge in [0, 0.05) is 18.5 Å². The third kappa shape index (κ3) is 12.2. The first-order chi connectivity index (χ1) is 10.5. The highest BCUT2D eigenvalue weighted by molar-refractivity contribution is 7.79. The molecule has 0 aliphatic heterocycles. The van der Waals surface area contributed by atoms with Crippen molar-refractivity contribution in [1.29, 1.82) is 0 Å². The van der Waals surface area contributed by atoms with E-state index in [1.807, 2.05) is 25.2 Å². The number of para-hydroxylation sites is 1. The molecule has 0 saturated carbocycles. The van der Waals surface area contributed by atoms with Gasteiger partial charge in [-0.15, -0.1) is 0 Å². The number of carbonyl (C=O) groups is 2. The quantitative estimate of drug-likeness (QED) is 0.493. The third-order valence-corrected chi connectivity index (χ3v) is 2.58. The van der Waals surface area contributed by atoms with Crippen LogP contribution in [0.3, 0.4) is 0 Å².